The second kappa shape index (κ2) is 9.49. The Bertz CT molecular complexity index is 795. The summed E-state index contributed by atoms with van der Waals surface area (Å²) in [5.41, 5.74) is 2.27. The first kappa shape index (κ1) is 20.8. The van der Waals surface area contributed by atoms with Crippen molar-refractivity contribution in [2.24, 2.45) is 5.92 Å². The number of hydrogen-bond donors (Lipinski definition) is 0. The number of aryl methyl sites for hydroxylation is 2. The molecule has 3 rings (SSSR count). The van der Waals surface area contributed by atoms with E-state index in [1.807, 2.05) is 19.1 Å². The summed E-state index contributed by atoms with van der Waals surface area (Å²) in [6.45, 7) is 4.01. The minimum absolute atomic E-state index is 0.0150. The van der Waals surface area contributed by atoms with Crippen LogP contribution >= 0.6 is 0 Å². The van der Waals surface area contributed by atoms with Crippen molar-refractivity contribution in [1.82, 2.24) is 0 Å². The fraction of sp³-hybridized carbons (Fsp3) is 0.500. The molecule has 0 heterocycles. The largest absolute Gasteiger partial charge is 0.491 e. The molecule has 0 spiro atoms. The Labute approximate surface area is 165 Å². The fourth-order valence-electron chi connectivity index (χ4n) is 4.29. The number of ether oxygens (including phenoxy) is 1. The molecule has 1 fully saturated rings. The minimum Gasteiger partial charge on any atom is -0.491 e. The van der Waals surface area contributed by atoms with Gasteiger partial charge in [-0.2, -0.15) is 4.39 Å². The van der Waals surface area contributed by atoms with Crippen molar-refractivity contribution in [3.05, 3.63) is 64.5 Å². The molecule has 1 aliphatic rings. The molecule has 4 heteroatoms. The highest BCUT2D eigenvalue weighted by molar-refractivity contribution is 5.33. The zero-order valence-corrected chi connectivity index (χ0v) is 16.7. The molecule has 1 nitrogen and oxygen atoms in total. The third-order valence-electron chi connectivity index (χ3n) is 6.00. The summed E-state index contributed by atoms with van der Waals surface area (Å²) in [7, 11) is 0. The average Bonchev–Trinajstić information content (AvgIpc) is 2.71. The maximum Gasteiger partial charge on any atom is 0.200 e. The molecule has 0 N–H and O–H groups in total. The van der Waals surface area contributed by atoms with E-state index in [0.717, 1.165) is 49.7 Å². The van der Waals surface area contributed by atoms with Crippen LogP contribution in [-0.4, -0.2) is 6.61 Å². The zero-order chi connectivity index (χ0) is 20.1. The van der Waals surface area contributed by atoms with Crippen molar-refractivity contribution in [2.75, 3.05) is 6.61 Å². The van der Waals surface area contributed by atoms with Crippen molar-refractivity contribution < 1.29 is 17.9 Å². The van der Waals surface area contributed by atoms with Crippen molar-refractivity contribution >= 4 is 0 Å². The zero-order valence-electron chi connectivity index (χ0n) is 16.7. The predicted molar refractivity (Wildman–Crippen MR) is 106 cm³/mol. The summed E-state index contributed by atoms with van der Waals surface area (Å²) in [6, 6.07) is 8.77. The summed E-state index contributed by atoms with van der Waals surface area (Å²) in [5.74, 6) is -1.15. The van der Waals surface area contributed by atoms with Gasteiger partial charge in [-0.05, 0) is 92.5 Å². The lowest BCUT2D eigenvalue weighted by Gasteiger charge is -2.29. The Morgan fingerprint density at radius 1 is 0.929 bits per heavy atom. The molecule has 1 saturated carbocycles. The van der Waals surface area contributed by atoms with Gasteiger partial charge in [-0.25, -0.2) is 8.78 Å². The van der Waals surface area contributed by atoms with Gasteiger partial charge in [-0.15, -0.1) is 0 Å². The SMILES string of the molecule is CCOc1ccc(C2CCC(CCc3ccc(CC)c(F)c3)CC2)c(F)c1F. The number of hydrogen-bond acceptors (Lipinski definition) is 1. The van der Waals surface area contributed by atoms with E-state index in [0.29, 0.717) is 24.5 Å². The minimum atomic E-state index is -0.876. The van der Waals surface area contributed by atoms with E-state index in [4.69, 9.17) is 4.74 Å². The first-order valence-electron chi connectivity index (χ1n) is 10.4. The highest BCUT2D eigenvalue weighted by atomic mass is 19.2. The molecule has 0 unspecified atom stereocenters. The molecular weight excluding hydrogens is 361 g/mol. The van der Waals surface area contributed by atoms with Gasteiger partial charge < -0.3 is 4.74 Å². The lowest BCUT2D eigenvalue weighted by atomic mass is 9.76. The lowest BCUT2D eigenvalue weighted by molar-refractivity contribution is 0.297. The van der Waals surface area contributed by atoms with Gasteiger partial charge in [0.15, 0.2) is 11.6 Å². The molecule has 2 aromatic carbocycles. The molecule has 0 amide bonds. The fourth-order valence-corrected chi connectivity index (χ4v) is 4.29. The highest BCUT2D eigenvalue weighted by Crippen LogP contribution is 2.40. The summed E-state index contributed by atoms with van der Waals surface area (Å²) in [5, 5.41) is 0. The molecule has 1 aliphatic carbocycles. The molecule has 0 atom stereocenters. The topological polar surface area (TPSA) is 9.23 Å². The Balaban J connectivity index is 1.55. The second-order valence-corrected chi connectivity index (χ2v) is 7.75. The first-order chi connectivity index (χ1) is 13.5. The van der Waals surface area contributed by atoms with Gasteiger partial charge in [-0.1, -0.05) is 25.1 Å². The van der Waals surface area contributed by atoms with Crippen LogP contribution in [-0.2, 0) is 12.8 Å². The summed E-state index contributed by atoms with van der Waals surface area (Å²) in [4.78, 5) is 0. The van der Waals surface area contributed by atoms with E-state index >= 15 is 0 Å². The van der Waals surface area contributed by atoms with E-state index in [1.165, 1.54) is 6.07 Å². The molecule has 0 bridgehead atoms. The normalized spacial score (nSPS) is 19.6. The van der Waals surface area contributed by atoms with Gasteiger partial charge in [0.2, 0.25) is 5.82 Å². The van der Waals surface area contributed by atoms with Crippen molar-refractivity contribution in [3.63, 3.8) is 0 Å². The van der Waals surface area contributed by atoms with Gasteiger partial charge in [0.05, 0.1) is 6.61 Å². The average molecular weight is 390 g/mol. The Hall–Kier alpha value is -1.97. The smallest absolute Gasteiger partial charge is 0.200 e. The standard InChI is InChI=1S/C24H29F3O/c1-3-18-10-9-17(15-21(18)25)6-5-16-7-11-19(12-8-16)20-13-14-22(28-4-2)24(27)23(20)26/h9-10,13-16,19H,3-8,11-12H2,1-2H3. The first-order valence-corrected chi connectivity index (χ1v) is 10.4. The molecular formula is C24H29F3O. The van der Waals surface area contributed by atoms with Crippen LogP contribution in [0.2, 0.25) is 0 Å². The predicted octanol–water partition coefficient (Wildman–Crippen LogP) is 6.97. The van der Waals surface area contributed by atoms with Crippen molar-refractivity contribution in [3.8, 4) is 5.75 Å². The van der Waals surface area contributed by atoms with Crippen LogP contribution in [0, 0.1) is 23.4 Å². The van der Waals surface area contributed by atoms with Crippen molar-refractivity contribution in [1.29, 1.82) is 0 Å². The van der Waals surface area contributed by atoms with Gasteiger partial charge in [0, 0.05) is 0 Å². The summed E-state index contributed by atoms with van der Waals surface area (Å²) in [6.07, 6.45) is 6.29. The Morgan fingerprint density at radius 2 is 1.68 bits per heavy atom. The maximum atomic E-state index is 14.4. The highest BCUT2D eigenvalue weighted by Gasteiger charge is 2.26. The Kier molecular flexibility index (Phi) is 7.03. The molecule has 0 radical (unpaired) electrons. The van der Waals surface area contributed by atoms with Crippen LogP contribution in [0.4, 0.5) is 13.2 Å². The summed E-state index contributed by atoms with van der Waals surface area (Å²) >= 11 is 0. The number of halogens is 3. The van der Waals surface area contributed by atoms with Gasteiger partial charge in [-0.3, -0.25) is 0 Å². The number of rotatable bonds is 7. The quantitative estimate of drug-likeness (QED) is 0.496. The van der Waals surface area contributed by atoms with Crippen LogP contribution in [0.3, 0.4) is 0 Å². The van der Waals surface area contributed by atoms with E-state index in [9.17, 15) is 13.2 Å². The van der Waals surface area contributed by atoms with E-state index in [-0.39, 0.29) is 17.5 Å². The van der Waals surface area contributed by atoms with E-state index in [2.05, 4.69) is 0 Å². The molecule has 152 valence electrons. The van der Waals surface area contributed by atoms with Gasteiger partial charge in [0.1, 0.15) is 5.82 Å². The summed E-state index contributed by atoms with van der Waals surface area (Å²) < 4.78 is 47.7. The lowest BCUT2D eigenvalue weighted by Crippen LogP contribution is -2.15. The Morgan fingerprint density at radius 3 is 2.32 bits per heavy atom. The second-order valence-electron chi connectivity index (χ2n) is 7.75. The van der Waals surface area contributed by atoms with Crippen LogP contribution in [0.25, 0.3) is 0 Å². The third-order valence-corrected chi connectivity index (χ3v) is 6.00. The molecule has 0 saturated heterocycles. The van der Waals surface area contributed by atoms with E-state index < -0.39 is 11.6 Å². The monoisotopic (exact) mass is 390 g/mol. The van der Waals surface area contributed by atoms with Gasteiger partial charge in [0.25, 0.3) is 0 Å². The van der Waals surface area contributed by atoms with Crippen molar-refractivity contribution in [2.45, 2.75) is 64.7 Å². The van der Waals surface area contributed by atoms with Crippen LogP contribution < -0.4 is 4.74 Å². The van der Waals surface area contributed by atoms with Gasteiger partial charge >= 0.3 is 0 Å². The maximum absolute atomic E-state index is 14.4. The van der Waals surface area contributed by atoms with E-state index in [1.54, 1.807) is 19.1 Å². The molecule has 28 heavy (non-hydrogen) atoms. The number of benzene rings is 2. The molecule has 2 aromatic rings. The van der Waals surface area contributed by atoms with Crippen LogP contribution in [0.15, 0.2) is 30.3 Å². The third kappa shape index (κ3) is 4.71. The molecule has 0 aromatic heterocycles. The molecule has 0 aliphatic heterocycles. The van der Waals surface area contributed by atoms with Crippen LogP contribution in [0.5, 0.6) is 5.75 Å². The van der Waals surface area contributed by atoms with Crippen LogP contribution in [0.1, 0.15) is 68.6 Å².